The average molecular weight is 532 g/mol. The van der Waals surface area contributed by atoms with E-state index >= 15 is 0 Å². The Morgan fingerprint density at radius 1 is 1.13 bits per heavy atom. The van der Waals surface area contributed by atoms with Crippen LogP contribution in [0.1, 0.15) is 5.56 Å². The first-order valence-electron chi connectivity index (χ1n) is 12.3. The fourth-order valence-corrected chi connectivity index (χ4v) is 4.28. The highest BCUT2D eigenvalue weighted by Crippen LogP contribution is 2.25. The molecule has 2 N–H and O–H groups in total. The lowest BCUT2D eigenvalue weighted by molar-refractivity contribution is -0.384. The first-order valence-corrected chi connectivity index (χ1v) is 12.3. The normalized spacial score (nSPS) is 13.4. The van der Waals surface area contributed by atoms with Crippen LogP contribution < -0.4 is 15.5 Å². The number of anilines is 3. The molecule has 1 aliphatic heterocycles. The van der Waals surface area contributed by atoms with Crippen LogP contribution in [0.3, 0.4) is 0 Å². The lowest BCUT2D eigenvalue weighted by atomic mass is 10.2. The molecule has 3 heterocycles. The van der Waals surface area contributed by atoms with Crippen LogP contribution in [0.4, 0.5) is 32.3 Å². The number of non-ortho nitro benzene ring substituents is 1. The highest BCUT2D eigenvalue weighted by Gasteiger charge is 2.24. The zero-order valence-corrected chi connectivity index (χ0v) is 21.0. The van der Waals surface area contributed by atoms with Crippen LogP contribution in [-0.4, -0.2) is 68.1 Å². The summed E-state index contributed by atoms with van der Waals surface area (Å²) in [7, 11) is 0. The van der Waals surface area contributed by atoms with E-state index in [-0.39, 0.29) is 11.7 Å². The van der Waals surface area contributed by atoms with Gasteiger partial charge in [-0.1, -0.05) is 24.3 Å². The summed E-state index contributed by atoms with van der Waals surface area (Å²) < 4.78 is 15.3. The molecule has 39 heavy (non-hydrogen) atoms. The molecule has 2 aromatic carbocycles. The van der Waals surface area contributed by atoms with Crippen molar-refractivity contribution in [3.05, 3.63) is 89.0 Å². The maximum atomic E-state index is 13.5. The van der Waals surface area contributed by atoms with Crippen molar-refractivity contribution < 1.29 is 14.1 Å². The minimum absolute atomic E-state index is 0.0264. The summed E-state index contributed by atoms with van der Waals surface area (Å²) in [5.41, 5.74) is 2.49. The van der Waals surface area contributed by atoms with Crippen LogP contribution in [0.25, 0.3) is 11.2 Å². The van der Waals surface area contributed by atoms with Gasteiger partial charge in [-0.05, 0) is 23.8 Å². The van der Waals surface area contributed by atoms with Gasteiger partial charge in [-0.25, -0.2) is 14.2 Å². The molecule has 1 fully saturated rings. The number of urea groups is 1. The number of nitro benzene ring substituents is 1. The molecule has 200 valence electrons. The molecular formula is C26H26FN9O3. The van der Waals surface area contributed by atoms with Crippen LogP contribution in [-0.2, 0) is 6.54 Å². The number of amides is 2. The van der Waals surface area contributed by atoms with Crippen molar-refractivity contribution >= 4 is 40.3 Å². The number of fused-ring (bicyclic) bond motifs is 1. The van der Waals surface area contributed by atoms with Crippen LogP contribution in [0.2, 0.25) is 0 Å². The van der Waals surface area contributed by atoms with E-state index in [0.29, 0.717) is 67.9 Å². The smallest absolute Gasteiger partial charge is 0.321 e. The Bertz CT molecular complexity index is 1520. The Balaban J connectivity index is 1.34. The van der Waals surface area contributed by atoms with Crippen LogP contribution >= 0.6 is 0 Å². The Morgan fingerprint density at radius 3 is 2.59 bits per heavy atom. The van der Waals surface area contributed by atoms with Crippen molar-refractivity contribution in [2.45, 2.75) is 6.54 Å². The lowest BCUT2D eigenvalue weighted by Gasteiger charge is -2.34. The van der Waals surface area contributed by atoms with Gasteiger partial charge in [-0.2, -0.15) is 9.97 Å². The van der Waals surface area contributed by atoms with E-state index in [1.807, 2.05) is 9.47 Å². The first-order chi connectivity index (χ1) is 18.9. The van der Waals surface area contributed by atoms with Crippen LogP contribution in [0.5, 0.6) is 0 Å². The first kappa shape index (κ1) is 25.6. The summed E-state index contributed by atoms with van der Waals surface area (Å²) in [6.07, 6.45) is 3.38. The Morgan fingerprint density at radius 2 is 1.90 bits per heavy atom. The second kappa shape index (κ2) is 11.1. The molecule has 0 radical (unpaired) electrons. The van der Waals surface area contributed by atoms with Gasteiger partial charge in [0.1, 0.15) is 5.82 Å². The Kier molecular flexibility index (Phi) is 7.30. The van der Waals surface area contributed by atoms with E-state index < -0.39 is 10.7 Å². The zero-order chi connectivity index (χ0) is 27.4. The average Bonchev–Trinajstić information content (AvgIpc) is 3.34. The van der Waals surface area contributed by atoms with E-state index in [1.54, 1.807) is 41.6 Å². The van der Waals surface area contributed by atoms with Crippen LogP contribution in [0, 0.1) is 15.9 Å². The molecule has 5 rings (SSSR count). The number of halogens is 1. The topological polar surface area (TPSA) is 134 Å². The molecule has 12 nitrogen and oxygen atoms in total. The number of nitrogens with zero attached hydrogens (tertiary/aromatic N) is 7. The predicted octanol–water partition coefficient (Wildman–Crippen LogP) is 3.87. The third-order valence-corrected chi connectivity index (χ3v) is 6.29. The second-order valence-corrected chi connectivity index (χ2v) is 8.92. The number of hydrogen-bond donors (Lipinski definition) is 2. The SMILES string of the molecule is C=CCNc1nc(N2CCN(C(=O)Nc3cccc(F)c3)CC2)nc2c1ncn2Cc1ccc([N+](=O)[O-])cc1. The number of rotatable bonds is 8. The van der Waals surface area contributed by atoms with Crippen molar-refractivity contribution in [3.63, 3.8) is 0 Å². The van der Waals surface area contributed by atoms with E-state index in [2.05, 4.69) is 22.2 Å². The van der Waals surface area contributed by atoms with Gasteiger partial charge in [0.2, 0.25) is 5.95 Å². The van der Waals surface area contributed by atoms with Gasteiger partial charge in [0.25, 0.3) is 5.69 Å². The molecule has 4 aromatic rings. The number of benzene rings is 2. The standard InChI is InChI=1S/C26H26FN9O3/c1-2-10-28-23-22-24(35(17-29-22)16-18-6-8-21(9-7-18)36(38)39)32-25(31-23)33-11-13-34(14-12-33)26(37)30-20-5-3-4-19(27)15-20/h2-9,15,17H,1,10-14,16H2,(H,30,37)(H,28,31,32). The van der Waals surface area contributed by atoms with Gasteiger partial charge in [0, 0.05) is 50.5 Å². The summed E-state index contributed by atoms with van der Waals surface area (Å²) in [5.74, 6) is 0.632. The van der Waals surface area contributed by atoms with Gasteiger partial charge in [0.15, 0.2) is 17.0 Å². The molecule has 0 aliphatic carbocycles. The number of carbonyl (C=O) groups is 1. The largest absolute Gasteiger partial charge is 0.365 e. The number of piperazine rings is 1. The van der Waals surface area contributed by atoms with Gasteiger partial charge < -0.3 is 25.0 Å². The van der Waals surface area contributed by atoms with E-state index in [0.717, 1.165) is 5.56 Å². The molecule has 0 unspecified atom stereocenters. The van der Waals surface area contributed by atoms with Crippen molar-refractivity contribution in [1.82, 2.24) is 24.4 Å². The minimum Gasteiger partial charge on any atom is -0.365 e. The van der Waals surface area contributed by atoms with E-state index in [1.165, 1.54) is 24.3 Å². The van der Waals surface area contributed by atoms with E-state index in [9.17, 15) is 19.3 Å². The van der Waals surface area contributed by atoms with Gasteiger partial charge >= 0.3 is 6.03 Å². The molecule has 2 amide bonds. The summed E-state index contributed by atoms with van der Waals surface area (Å²) >= 11 is 0. The summed E-state index contributed by atoms with van der Waals surface area (Å²) in [4.78, 5) is 40.9. The predicted molar refractivity (Wildman–Crippen MR) is 145 cm³/mol. The fraction of sp³-hybridized carbons (Fsp3) is 0.231. The highest BCUT2D eigenvalue weighted by atomic mass is 19.1. The monoisotopic (exact) mass is 531 g/mol. The number of carbonyl (C=O) groups excluding carboxylic acids is 1. The summed E-state index contributed by atoms with van der Waals surface area (Å²) in [6.45, 7) is 6.51. The number of nitro groups is 1. The maximum Gasteiger partial charge on any atom is 0.321 e. The van der Waals surface area contributed by atoms with Crippen molar-refractivity contribution in [2.75, 3.05) is 48.3 Å². The Labute approximate surface area is 222 Å². The van der Waals surface area contributed by atoms with Crippen LogP contribution in [0.15, 0.2) is 67.5 Å². The minimum atomic E-state index is -0.432. The third kappa shape index (κ3) is 5.76. The summed E-state index contributed by atoms with van der Waals surface area (Å²) in [6, 6.07) is 11.8. The second-order valence-electron chi connectivity index (χ2n) is 8.92. The molecule has 0 spiro atoms. The molecule has 0 saturated carbocycles. The highest BCUT2D eigenvalue weighted by molar-refractivity contribution is 5.89. The van der Waals surface area contributed by atoms with Crippen molar-refractivity contribution in [2.24, 2.45) is 0 Å². The quantitative estimate of drug-likeness (QED) is 0.199. The van der Waals surface area contributed by atoms with Crippen molar-refractivity contribution in [3.8, 4) is 0 Å². The van der Waals surface area contributed by atoms with Gasteiger partial charge in [-0.3, -0.25) is 10.1 Å². The lowest BCUT2D eigenvalue weighted by Crippen LogP contribution is -2.50. The zero-order valence-electron chi connectivity index (χ0n) is 21.0. The number of aromatic nitrogens is 4. The van der Waals surface area contributed by atoms with E-state index in [4.69, 9.17) is 9.97 Å². The number of imidazole rings is 1. The molecule has 13 heteroatoms. The Hall–Kier alpha value is -5.07. The van der Waals surface area contributed by atoms with Gasteiger partial charge in [0.05, 0.1) is 17.8 Å². The number of nitrogens with one attached hydrogen (secondary N) is 2. The van der Waals surface area contributed by atoms with Crippen molar-refractivity contribution in [1.29, 1.82) is 0 Å². The maximum absolute atomic E-state index is 13.5. The fourth-order valence-electron chi connectivity index (χ4n) is 4.28. The molecule has 0 bridgehead atoms. The molecular weight excluding hydrogens is 505 g/mol. The number of hydrogen-bond acceptors (Lipinski definition) is 8. The molecule has 1 saturated heterocycles. The molecule has 2 aromatic heterocycles. The van der Waals surface area contributed by atoms with Gasteiger partial charge in [-0.15, -0.1) is 6.58 Å². The third-order valence-electron chi connectivity index (χ3n) is 6.29. The molecule has 1 aliphatic rings. The molecule has 0 atom stereocenters. The summed E-state index contributed by atoms with van der Waals surface area (Å²) in [5, 5.41) is 16.9.